The Morgan fingerprint density at radius 3 is 2.48 bits per heavy atom. The van der Waals surface area contributed by atoms with Crippen molar-refractivity contribution in [1.82, 2.24) is 19.9 Å². The Bertz CT molecular complexity index is 705. The third-order valence-electron chi connectivity index (χ3n) is 4.65. The third-order valence-corrected chi connectivity index (χ3v) is 4.65. The average molecular weight is 344 g/mol. The Balaban J connectivity index is 1.51. The van der Waals surface area contributed by atoms with Crippen LogP contribution in [0.3, 0.4) is 0 Å². The highest BCUT2D eigenvalue weighted by Gasteiger charge is 2.26. The molecular formula is C18H24N4O3. The number of aromatic nitrogens is 2. The smallest absolute Gasteiger partial charge is 0.227 e. The van der Waals surface area contributed by atoms with Crippen LogP contribution in [-0.4, -0.2) is 59.1 Å². The van der Waals surface area contributed by atoms with Gasteiger partial charge in [0.25, 0.3) is 0 Å². The van der Waals surface area contributed by atoms with Gasteiger partial charge in [0.15, 0.2) is 5.82 Å². The Morgan fingerprint density at radius 1 is 1.24 bits per heavy atom. The van der Waals surface area contributed by atoms with Crippen LogP contribution >= 0.6 is 0 Å². The van der Waals surface area contributed by atoms with Crippen molar-refractivity contribution >= 4 is 5.91 Å². The van der Waals surface area contributed by atoms with E-state index in [0.717, 1.165) is 37.5 Å². The number of piperazine rings is 1. The predicted molar refractivity (Wildman–Crippen MR) is 92.3 cm³/mol. The van der Waals surface area contributed by atoms with E-state index in [2.05, 4.69) is 22.0 Å². The maximum absolute atomic E-state index is 12.5. The average Bonchev–Trinajstić information content (AvgIpc) is 3.08. The molecule has 1 unspecified atom stereocenters. The van der Waals surface area contributed by atoms with Crippen molar-refractivity contribution in [3.63, 3.8) is 0 Å². The zero-order valence-electron chi connectivity index (χ0n) is 14.9. The van der Waals surface area contributed by atoms with E-state index in [-0.39, 0.29) is 11.9 Å². The minimum absolute atomic E-state index is 0.0938. The quantitative estimate of drug-likeness (QED) is 0.824. The van der Waals surface area contributed by atoms with Crippen molar-refractivity contribution in [3.8, 4) is 5.75 Å². The van der Waals surface area contributed by atoms with Crippen LogP contribution in [-0.2, 0) is 11.2 Å². The summed E-state index contributed by atoms with van der Waals surface area (Å²) in [5.74, 6) is 2.24. The van der Waals surface area contributed by atoms with Gasteiger partial charge in [-0.25, -0.2) is 0 Å². The summed E-state index contributed by atoms with van der Waals surface area (Å²) in [5, 5.41) is 4.00. The molecule has 2 heterocycles. The monoisotopic (exact) mass is 344 g/mol. The molecule has 1 fully saturated rings. The third kappa shape index (κ3) is 4.17. The minimum atomic E-state index is 0.0938. The first-order chi connectivity index (χ1) is 12.1. The van der Waals surface area contributed by atoms with Crippen LogP contribution in [0.2, 0.25) is 0 Å². The molecule has 0 saturated carbocycles. The first-order valence-corrected chi connectivity index (χ1v) is 8.52. The largest absolute Gasteiger partial charge is 0.497 e. The Hall–Kier alpha value is -2.41. The zero-order valence-corrected chi connectivity index (χ0v) is 14.9. The topological polar surface area (TPSA) is 71.7 Å². The van der Waals surface area contributed by atoms with Gasteiger partial charge < -0.3 is 14.2 Å². The van der Waals surface area contributed by atoms with Crippen LogP contribution < -0.4 is 4.74 Å². The summed E-state index contributed by atoms with van der Waals surface area (Å²) < 4.78 is 10.2. The fourth-order valence-electron chi connectivity index (χ4n) is 3.04. The van der Waals surface area contributed by atoms with Gasteiger partial charge in [-0.05, 0) is 24.6 Å². The summed E-state index contributed by atoms with van der Waals surface area (Å²) in [4.78, 5) is 21.0. The molecule has 134 valence electrons. The van der Waals surface area contributed by atoms with E-state index in [1.807, 2.05) is 29.2 Å². The van der Waals surface area contributed by atoms with Crippen LogP contribution in [0, 0.1) is 6.92 Å². The fourth-order valence-corrected chi connectivity index (χ4v) is 3.04. The standard InChI is InChI=1S/C18H24N4O3/c1-13(18-19-14(2)25-20-18)21-8-10-22(11-9-21)17(23)12-15-4-6-16(24-3)7-5-15/h4-7,13H,8-12H2,1-3H3. The van der Waals surface area contributed by atoms with Gasteiger partial charge in [-0.2, -0.15) is 4.98 Å². The maximum Gasteiger partial charge on any atom is 0.227 e. The van der Waals surface area contributed by atoms with Gasteiger partial charge in [-0.1, -0.05) is 17.3 Å². The summed E-state index contributed by atoms with van der Waals surface area (Å²) in [6.07, 6.45) is 0.420. The highest BCUT2D eigenvalue weighted by atomic mass is 16.5. The van der Waals surface area contributed by atoms with E-state index in [1.54, 1.807) is 14.0 Å². The molecule has 25 heavy (non-hydrogen) atoms. The molecule has 1 amide bonds. The highest BCUT2D eigenvalue weighted by Crippen LogP contribution is 2.19. The summed E-state index contributed by atoms with van der Waals surface area (Å²) in [7, 11) is 1.64. The number of hydrogen-bond acceptors (Lipinski definition) is 6. The van der Waals surface area contributed by atoms with Crippen molar-refractivity contribution in [2.75, 3.05) is 33.3 Å². The molecule has 1 aliphatic rings. The maximum atomic E-state index is 12.5. The second kappa shape index (κ2) is 7.65. The number of hydrogen-bond donors (Lipinski definition) is 0. The molecule has 0 aliphatic carbocycles. The van der Waals surface area contributed by atoms with Gasteiger partial charge in [0, 0.05) is 33.1 Å². The number of methoxy groups -OCH3 is 1. The predicted octanol–water partition coefficient (Wildman–Crippen LogP) is 1.83. The fraction of sp³-hybridized carbons (Fsp3) is 0.500. The van der Waals surface area contributed by atoms with Gasteiger partial charge in [0.05, 0.1) is 19.6 Å². The summed E-state index contributed by atoms with van der Waals surface area (Å²) in [6, 6.07) is 7.74. The zero-order chi connectivity index (χ0) is 17.8. The van der Waals surface area contributed by atoms with Crippen molar-refractivity contribution in [2.24, 2.45) is 0 Å². The number of aryl methyl sites for hydroxylation is 1. The molecule has 7 heteroatoms. The molecule has 0 spiro atoms. The second-order valence-electron chi connectivity index (χ2n) is 6.29. The molecule has 0 bridgehead atoms. The van der Waals surface area contributed by atoms with Gasteiger partial charge in [-0.15, -0.1) is 0 Å². The molecule has 2 aromatic rings. The van der Waals surface area contributed by atoms with Crippen LogP contribution in [0.1, 0.15) is 30.2 Å². The lowest BCUT2D eigenvalue weighted by Gasteiger charge is -2.37. The number of ether oxygens (including phenoxy) is 1. The molecule has 1 aromatic heterocycles. The number of nitrogens with zero attached hydrogens (tertiary/aromatic N) is 4. The van der Waals surface area contributed by atoms with Crippen LogP contribution in [0.15, 0.2) is 28.8 Å². The van der Waals surface area contributed by atoms with Crippen molar-refractivity contribution in [2.45, 2.75) is 26.3 Å². The van der Waals surface area contributed by atoms with Gasteiger partial charge in [0.2, 0.25) is 11.8 Å². The van der Waals surface area contributed by atoms with E-state index < -0.39 is 0 Å². The minimum Gasteiger partial charge on any atom is -0.497 e. The number of rotatable bonds is 5. The molecule has 1 saturated heterocycles. The summed E-state index contributed by atoms with van der Waals surface area (Å²) >= 11 is 0. The van der Waals surface area contributed by atoms with Crippen LogP contribution in [0.4, 0.5) is 0 Å². The normalized spacial score (nSPS) is 16.7. The summed E-state index contributed by atoms with van der Waals surface area (Å²) in [6.45, 7) is 6.91. The number of carbonyl (C=O) groups excluding carboxylic acids is 1. The Kier molecular flexibility index (Phi) is 5.33. The SMILES string of the molecule is COc1ccc(CC(=O)N2CCN(C(C)c3noc(C)n3)CC2)cc1. The molecule has 3 rings (SSSR count). The highest BCUT2D eigenvalue weighted by molar-refractivity contribution is 5.79. The summed E-state index contributed by atoms with van der Waals surface area (Å²) in [5.41, 5.74) is 1.00. The lowest BCUT2D eigenvalue weighted by Crippen LogP contribution is -2.49. The molecular weight excluding hydrogens is 320 g/mol. The van der Waals surface area contributed by atoms with Crippen LogP contribution in [0.25, 0.3) is 0 Å². The number of carbonyl (C=O) groups is 1. The van der Waals surface area contributed by atoms with E-state index in [9.17, 15) is 4.79 Å². The van der Waals surface area contributed by atoms with Crippen molar-refractivity contribution in [1.29, 1.82) is 0 Å². The molecule has 1 aromatic carbocycles. The molecule has 0 radical (unpaired) electrons. The molecule has 1 aliphatic heterocycles. The van der Waals surface area contributed by atoms with Gasteiger partial charge >= 0.3 is 0 Å². The van der Waals surface area contributed by atoms with E-state index in [4.69, 9.17) is 9.26 Å². The lowest BCUT2D eigenvalue weighted by atomic mass is 10.1. The number of amides is 1. The second-order valence-corrected chi connectivity index (χ2v) is 6.29. The van der Waals surface area contributed by atoms with Gasteiger partial charge in [0.1, 0.15) is 5.75 Å². The van der Waals surface area contributed by atoms with Gasteiger partial charge in [-0.3, -0.25) is 9.69 Å². The molecule has 1 atom stereocenters. The molecule has 0 N–H and O–H groups in total. The molecule has 7 nitrogen and oxygen atoms in total. The van der Waals surface area contributed by atoms with E-state index in [1.165, 1.54) is 0 Å². The van der Waals surface area contributed by atoms with E-state index in [0.29, 0.717) is 18.1 Å². The van der Waals surface area contributed by atoms with Crippen LogP contribution in [0.5, 0.6) is 5.75 Å². The Labute approximate surface area is 147 Å². The Morgan fingerprint density at radius 2 is 1.92 bits per heavy atom. The first kappa shape index (κ1) is 17.4. The van der Waals surface area contributed by atoms with Crippen molar-refractivity contribution < 1.29 is 14.1 Å². The number of benzene rings is 1. The lowest BCUT2D eigenvalue weighted by molar-refractivity contribution is -0.132. The van der Waals surface area contributed by atoms with Crippen molar-refractivity contribution in [3.05, 3.63) is 41.5 Å². The first-order valence-electron chi connectivity index (χ1n) is 8.52. The van der Waals surface area contributed by atoms with E-state index >= 15 is 0 Å².